The standard InChI is InChI=1S/C16H21N3O3/c1-20-14-4-2-3-13(7-14)10-21-11-15-18-16(22-19-15)8-12-5-6-17-9-12/h2-4,7,12,17H,5-6,8-11H2,1H3. The molecule has 1 fully saturated rings. The molecule has 1 unspecified atom stereocenters. The number of nitrogens with zero attached hydrogens (tertiary/aromatic N) is 2. The highest BCUT2D eigenvalue weighted by Gasteiger charge is 2.18. The Kier molecular flexibility index (Phi) is 5.03. The molecule has 0 radical (unpaired) electrons. The molecule has 6 nitrogen and oxygen atoms in total. The zero-order valence-electron chi connectivity index (χ0n) is 12.7. The Labute approximate surface area is 129 Å². The van der Waals surface area contributed by atoms with Crippen molar-refractivity contribution in [1.29, 1.82) is 0 Å². The fourth-order valence-electron chi connectivity index (χ4n) is 2.59. The van der Waals surface area contributed by atoms with Gasteiger partial charge in [0.15, 0.2) is 5.82 Å². The number of nitrogens with one attached hydrogen (secondary N) is 1. The molecule has 2 aromatic rings. The minimum absolute atomic E-state index is 0.351. The number of rotatable bonds is 7. The van der Waals surface area contributed by atoms with Gasteiger partial charge in [0.1, 0.15) is 12.4 Å². The summed E-state index contributed by atoms with van der Waals surface area (Å²) in [6.45, 7) is 2.95. The second-order valence-electron chi connectivity index (χ2n) is 5.51. The van der Waals surface area contributed by atoms with E-state index in [2.05, 4.69) is 15.5 Å². The molecule has 22 heavy (non-hydrogen) atoms. The molecule has 1 aromatic heterocycles. The average Bonchev–Trinajstić information content (AvgIpc) is 3.20. The lowest BCUT2D eigenvalue weighted by Gasteiger charge is -2.04. The molecule has 1 atom stereocenters. The van der Waals surface area contributed by atoms with E-state index in [1.54, 1.807) is 7.11 Å². The van der Waals surface area contributed by atoms with E-state index < -0.39 is 0 Å². The van der Waals surface area contributed by atoms with Gasteiger partial charge in [-0.3, -0.25) is 0 Å². The van der Waals surface area contributed by atoms with Gasteiger partial charge in [0.2, 0.25) is 5.89 Å². The van der Waals surface area contributed by atoms with Crippen molar-refractivity contribution in [1.82, 2.24) is 15.5 Å². The van der Waals surface area contributed by atoms with Crippen LogP contribution in [0.4, 0.5) is 0 Å². The number of aromatic nitrogens is 2. The van der Waals surface area contributed by atoms with E-state index in [-0.39, 0.29) is 0 Å². The highest BCUT2D eigenvalue weighted by atomic mass is 16.5. The molecule has 1 N–H and O–H groups in total. The Balaban J connectivity index is 1.46. The summed E-state index contributed by atoms with van der Waals surface area (Å²) in [6.07, 6.45) is 2.01. The summed E-state index contributed by atoms with van der Waals surface area (Å²) in [5.41, 5.74) is 1.06. The first kappa shape index (κ1) is 15.0. The van der Waals surface area contributed by atoms with Crippen molar-refractivity contribution in [3.8, 4) is 5.75 Å². The van der Waals surface area contributed by atoms with Crippen LogP contribution < -0.4 is 10.1 Å². The molecule has 0 saturated carbocycles. The minimum Gasteiger partial charge on any atom is -0.497 e. The molecule has 6 heteroatoms. The van der Waals surface area contributed by atoms with E-state index in [0.29, 0.717) is 30.8 Å². The summed E-state index contributed by atoms with van der Waals surface area (Å²) in [4.78, 5) is 4.38. The van der Waals surface area contributed by atoms with Crippen molar-refractivity contribution in [3.63, 3.8) is 0 Å². The molecular weight excluding hydrogens is 282 g/mol. The van der Waals surface area contributed by atoms with E-state index in [1.807, 2.05) is 24.3 Å². The van der Waals surface area contributed by atoms with Crippen molar-refractivity contribution in [3.05, 3.63) is 41.5 Å². The fourth-order valence-corrected chi connectivity index (χ4v) is 2.59. The van der Waals surface area contributed by atoms with Gasteiger partial charge in [0.25, 0.3) is 0 Å². The van der Waals surface area contributed by atoms with Gasteiger partial charge < -0.3 is 19.3 Å². The van der Waals surface area contributed by atoms with Crippen LogP contribution in [0.15, 0.2) is 28.8 Å². The maximum atomic E-state index is 5.64. The van der Waals surface area contributed by atoms with Crippen molar-refractivity contribution in [2.75, 3.05) is 20.2 Å². The second kappa shape index (κ2) is 7.38. The monoisotopic (exact) mass is 303 g/mol. The smallest absolute Gasteiger partial charge is 0.227 e. The van der Waals surface area contributed by atoms with Crippen LogP contribution in [-0.2, 0) is 24.4 Å². The van der Waals surface area contributed by atoms with Crippen LogP contribution >= 0.6 is 0 Å². The van der Waals surface area contributed by atoms with E-state index in [0.717, 1.165) is 30.8 Å². The summed E-state index contributed by atoms with van der Waals surface area (Å²) >= 11 is 0. The van der Waals surface area contributed by atoms with Gasteiger partial charge in [-0.1, -0.05) is 17.3 Å². The predicted molar refractivity (Wildman–Crippen MR) is 80.5 cm³/mol. The maximum Gasteiger partial charge on any atom is 0.227 e. The third-order valence-electron chi connectivity index (χ3n) is 3.77. The van der Waals surface area contributed by atoms with Crippen LogP contribution in [0.25, 0.3) is 0 Å². The highest BCUT2D eigenvalue weighted by Crippen LogP contribution is 2.15. The van der Waals surface area contributed by atoms with Gasteiger partial charge in [-0.2, -0.15) is 4.98 Å². The summed E-state index contributed by atoms with van der Waals surface area (Å²) < 4.78 is 16.1. The lowest BCUT2D eigenvalue weighted by molar-refractivity contribution is 0.0998. The quantitative estimate of drug-likeness (QED) is 0.843. The maximum absolute atomic E-state index is 5.64. The van der Waals surface area contributed by atoms with Gasteiger partial charge in [0.05, 0.1) is 13.7 Å². The molecule has 0 bridgehead atoms. The summed E-state index contributed by atoms with van der Waals surface area (Å²) in [5.74, 6) is 2.73. The van der Waals surface area contributed by atoms with E-state index in [4.69, 9.17) is 14.0 Å². The summed E-state index contributed by atoms with van der Waals surface area (Å²) in [7, 11) is 1.65. The van der Waals surface area contributed by atoms with Gasteiger partial charge in [0, 0.05) is 6.42 Å². The first-order valence-electron chi connectivity index (χ1n) is 7.56. The van der Waals surface area contributed by atoms with Gasteiger partial charge in [-0.15, -0.1) is 0 Å². The van der Waals surface area contributed by atoms with Crippen molar-refractivity contribution >= 4 is 0 Å². The minimum atomic E-state index is 0.351. The molecule has 1 aliphatic rings. The first-order valence-corrected chi connectivity index (χ1v) is 7.56. The van der Waals surface area contributed by atoms with Crippen LogP contribution in [-0.4, -0.2) is 30.3 Å². The molecule has 1 aliphatic heterocycles. The van der Waals surface area contributed by atoms with Crippen LogP contribution in [0.2, 0.25) is 0 Å². The van der Waals surface area contributed by atoms with Crippen LogP contribution in [0.1, 0.15) is 23.7 Å². The van der Waals surface area contributed by atoms with Crippen LogP contribution in [0.3, 0.4) is 0 Å². The predicted octanol–water partition coefficient (Wildman–Crippen LogP) is 1.95. The van der Waals surface area contributed by atoms with E-state index in [1.165, 1.54) is 6.42 Å². The number of methoxy groups -OCH3 is 1. The zero-order valence-corrected chi connectivity index (χ0v) is 12.7. The highest BCUT2D eigenvalue weighted by molar-refractivity contribution is 5.27. The molecule has 0 amide bonds. The van der Waals surface area contributed by atoms with Gasteiger partial charge in [-0.05, 0) is 43.1 Å². The fraction of sp³-hybridized carbons (Fsp3) is 0.500. The van der Waals surface area contributed by atoms with Crippen LogP contribution in [0, 0.1) is 5.92 Å². The molecule has 1 aromatic carbocycles. The SMILES string of the molecule is COc1cccc(COCc2noc(CC3CCNC3)n2)c1. The zero-order chi connectivity index (χ0) is 15.2. The Morgan fingerprint density at radius 2 is 2.32 bits per heavy atom. The molecule has 2 heterocycles. The number of benzene rings is 1. The summed E-state index contributed by atoms with van der Waals surface area (Å²) in [5, 5.41) is 7.30. The lowest BCUT2D eigenvalue weighted by atomic mass is 10.1. The average molecular weight is 303 g/mol. The lowest BCUT2D eigenvalue weighted by Crippen LogP contribution is -2.10. The Hall–Kier alpha value is -1.92. The normalized spacial score (nSPS) is 17.8. The number of hydrogen-bond donors (Lipinski definition) is 1. The van der Waals surface area contributed by atoms with E-state index >= 15 is 0 Å². The topological polar surface area (TPSA) is 69.4 Å². The largest absolute Gasteiger partial charge is 0.497 e. The van der Waals surface area contributed by atoms with Crippen molar-refractivity contribution in [2.24, 2.45) is 5.92 Å². The van der Waals surface area contributed by atoms with Crippen molar-refractivity contribution in [2.45, 2.75) is 26.1 Å². The Morgan fingerprint density at radius 3 is 3.14 bits per heavy atom. The van der Waals surface area contributed by atoms with Crippen molar-refractivity contribution < 1.29 is 14.0 Å². The number of ether oxygens (including phenoxy) is 2. The molecule has 1 saturated heterocycles. The Bertz CT molecular complexity index is 594. The molecular formula is C16H21N3O3. The molecule has 0 spiro atoms. The molecule has 0 aliphatic carbocycles. The molecule has 118 valence electrons. The van der Waals surface area contributed by atoms with E-state index in [9.17, 15) is 0 Å². The van der Waals surface area contributed by atoms with Gasteiger partial charge >= 0.3 is 0 Å². The third kappa shape index (κ3) is 4.05. The second-order valence-corrected chi connectivity index (χ2v) is 5.51. The first-order chi connectivity index (χ1) is 10.8. The van der Waals surface area contributed by atoms with Gasteiger partial charge in [-0.25, -0.2) is 0 Å². The third-order valence-corrected chi connectivity index (χ3v) is 3.77. The van der Waals surface area contributed by atoms with Crippen LogP contribution in [0.5, 0.6) is 5.75 Å². The Morgan fingerprint density at radius 1 is 1.36 bits per heavy atom. The molecule has 3 rings (SSSR count). The number of hydrogen-bond acceptors (Lipinski definition) is 6. The summed E-state index contributed by atoms with van der Waals surface area (Å²) in [6, 6.07) is 7.80.